The van der Waals surface area contributed by atoms with E-state index >= 15 is 0 Å². The molecule has 0 saturated heterocycles. The van der Waals surface area contributed by atoms with Gasteiger partial charge in [0, 0.05) is 19.6 Å². The van der Waals surface area contributed by atoms with Crippen molar-refractivity contribution < 1.29 is 0 Å². The Morgan fingerprint density at radius 1 is 1.47 bits per heavy atom. The van der Waals surface area contributed by atoms with E-state index in [2.05, 4.69) is 33.9 Å². The zero-order valence-corrected chi connectivity index (χ0v) is 11.7. The van der Waals surface area contributed by atoms with Crippen LogP contribution in [0.5, 0.6) is 0 Å². The average molecular weight is 303 g/mol. The van der Waals surface area contributed by atoms with Crippen molar-refractivity contribution in [3.8, 4) is 0 Å². The number of hydrogen-bond acceptors (Lipinski definition) is 4. The summed E-state index contributed by atoms with van der Waals surface area (Å²) in [7, 11) is 0. The van der Waals surface area contributed by atoms with E-state index in [1.54, 1.807) is 22.7 Å². The molecule has 1 atom stereocenters. The normalized spacial score (nSPS) is 13.1. The molecule has 0 aliphatic heterocycles. The Bertz CT molecular complexity index is 456. The molecule has 0 radical (unpaired) electrons. The number of aromatic nitrogens is 1. The molecule has 0 bridgehead atoms. The SMILES string of the molecule is Cc1nc(C(N)c2cc(Br)cs2)sc1C. The highest BCUT2D eigenvalue weighted by molar-refractivity contribution is 9.10. The largest absolute Gasteiger partial charge is 0.318 e. The quantitative estimate of drug-likeness (QED) is 0.920. The van der Waals surface area contributed by atoms with Crippen LogP contribution in [-0.4, -0.2) is 4.98 Å². The van der Waals surface area contributed by atoms with Crippen LogP contribution in [0.2, 0.25) is 0 Å². The minimum absolute atomic E-state index is 0.0845. The third-order valence-electron chi connectivity index (χ3n) is 2.21. The lowest BCUT2D eigenvalue weighted by Crippen LogP contribution is -2.09. The highest BCUT2D eigenvalue weighted by Crippen LogP contribution is 2.31. The second-order valence-corrected chi connectivity index (χ2v) is 6.43. The number of halogens is 1. The fourth-order valence-electron chi connectivity index (χ4n) is 1.24. The molecule has 0 aliphatic carbocycles. The maximum Gasteiger partial charge on any atom is 0.115 e. The summed E-state index contributed by atoms with van der Waals surface area (Å²) in [5.74, 6) is 0. The summed E-state index contributed by atoms with van der Waals surface area (Å²) in [5, 5.41) is 3.04. The van der Waals surface area contributed by atoms with Gasteiger partial charge in [0.15, 0.2) is 0 Å². The van der Waals surface area contributed by atoms with Gasteiger partial charge in [0.2, 0.25) is 0 Å². The van der Waals surface area contributed by atoms with E-state index in [1.807, 2.05) is 12.3 Å². The van der Waals surface area contributed by atoms with Crippen molar-refractivity contribution in [3.05, 3.63) is 36.4 Å². The minimum atomic E-state index is -0.0845. The van der Waals surface area contributed by atoms with Gasteiger partial charge < -0.3 is 5.73 Å². The molecule has 0 spiro atoms. The predicted molar refractivity (Wildman–Crippen MR) is 69.6 cm³/mol. The first kappa shape index (κ1) is 11.3. The monoisotopic (exact) mass is 302 g/mol. The van der Waals surface area contributed by atoms with Crippen molar-refractivity contribution in [2.45, 2.75) is 19.9 Å². The van der Waals surface area contributed by atoms with E-state index in [1.165, 1.54) is 4.88 Å². The number of thiophene rings is 1. The lowest BCUT2D eigenvalue weighted by Gasteiger charge is -2.04. The van der Waals surface area contributed by atoms with Gasteiger partial charge in [-0.05, 0) is 35.8 Å². The van der Waals surface area contributed by atoms with Crippen molar-refractivity contribution in [1.29, 1.82) is 0 Å². The molecule has 2 aromatic heterocycles. The zero-order valence-electron chi connectivity index (χ0n) is 8.45. The molecule has 2 heterocycles. The Morgan fingerprint density at radius 2 is 2.20 bits per heavy atom. The van der Waals surface area contributed by atoms with Crippen LogP contribution in [0.1, 0.15) is 26.5 Å². The molecule has 15 heavy (non-hydrogen) atoms. The molecule has 80 valence electrons. The zero-order chi connectivity index (χ0) is 11.0. The van der Waals surface area contributed by atoms with E-state index in [0.29, 0.717) is 0 Å². The third kappa shape index (κ3) is 2.30. The van der Waals surface area contributed by atoms with E-state index in [9.17, 15) is 0 Å². The first-order valence-electron chi connectivity index (χ1n) is 4.51. The van der Waals surface area contributed by atoms with Crippen LogP contribution in [0.4, 0.5) is 0 Å². The molecule has 0 aromatic carbocycles. The van der Waals surface area contributed by atoms with Gasteiger partial charge in [-0.15, -0.1) is 22.7 Å². The molecular formula is C10H11BrN2S2. The topological polar surface area (TPSA) is 38.9 Å². The number of nitrogens with two attached hydrogens (primary N) is 1. The number of hydrogen-bond donors (Lipinski definition) is 1. The van der Waals surface area contributed by atoms with Crippen molar-refractivity contribution in [1.82, 2.24) is 4.98 Å². The van der Waals surface area contributed by atoms with Gasteiger partial charge in [-0.25, -0.2) is 4.98 Å². The highest BCUT2D eigenvalue weighted by atomic mass is 79.9. The molecule has 2 rings (SSSR count). The summed E-state index contributed by atoms with van der Waals surface area (Å²) in [6.45, 7) is 4.10. The summed E-state index contributed by atoms with van der Waals surface area (Å²) in [6, 6.07) is 1.97. The summed E-state index contributed by atoms with van der Waals surface area (Å²) in [4.78, 5) is 6.88. The van der Waals surface area contributed by atoms with Crippen LogP contribution in [0.3, 0.4) is 0 Å². The Hall–Kier alpha value is -0.230. The van der Waals surface area contributed by atoms with Gasteiger partial charge in [0.25, 0.3) is 0 Å². The number of aryl methyl sites for hydroxylation is 2. The van der Waals surface area contributed by atoms with Gasteiger partial charge in [0.05, 0.1) is 11.7 Å². The fraction of sp³-hybridized carbons (Fsp3) is 0.300. The first-order valence-corrected chi connectivity index (χ1v) is 7.00. The molecule has 2 aromatic rings. The summed E-state index contributed by atoms with van der Waals surface area (Å²) in [6.07, 6.45) is 0. The summed E-state index contributed by atoms with van der Waals surface area (Å²) in [5.41, 5.74) is 7.23. The molecule has 2 N–H and O–H groups in total. The molecule has 0 fully saturated rings. The van der Waals surface area contributed by atoms with Crippen LogP contribution < -0.4 is 5.73 Å². The van der Waals surface area contributed by atoms with Crippen LogP contribution in [0.15, 0.2) is 15.9 Å². The molecule has 0 aliphatic rings. The van der Waals surface area contributed by atoms with Crippen molar-refractivity contribution in [2.24, 2.45) is 5.73 Å². The Labute approximate surface area is 105 Å². The standard InChI is InChI=1S/C10H11BrN2S2/c1-5-6(2)15-10(13-5)9(12)8-3-7(11)4-14-8/h3-4,9H,12H2,1-2H3. The van der Waals surface area contributed by atoms with Gasteiger partial charge in [-0.2, -0.15) is 0 Å². The van der Waals surface area contributed by atoms with Gasteiger partial charge in [-0.3, -0.25) is 0 Å². The summed E-state index contributed by atoms with van der Waals surface area (Å²) >= 11 is 6.77. The van der Waals surface area contributed by atoms with Gasteiger partial charge in [0.1, 0.15) is 5.01 Å². The van der Waals surface area contributed by atoms with E-state index in [4.69, 9.17) is 5.73 Å². The average Bonchev–Trinajstić information content (AvgIpc) is 2.74. The van der Waals surface area contributed by atoms with E-state index in [0.717, 1.165) is 20.1 Å². The first-order chi connectivity index (χ1) is 7.08. The predicted octanol–water partition coefficient (Wildman–Crippen LogP) is 3.63. The molecule has 1 unspecified atom stereocenters. The van der Waals surface area contributed by atoms with Crippen LogP contribution in [0, 0.1) is 13.8 Å². The maximum atomic E-state index is 6.15. The molecule has 0 saturated carbocycles. The Morgan fingerprint density at radius 3 is 2.67 bits per heavy atom. The lowest BCUT2D eigenvalue weighted by atomic mass is 10.3. The van der Waals surface area contributed by atoms with Crippen molar-refractivity contribution in [2.75, 3.05) is 0 Å². The lowest BCUT2D eigenvalue weighted by molar-refractivity contribution is 0.871. The third-order valence-corrected chi connectivity index (χ3v) is 5.14. The maximum absolute atomic E-state index is 6.15. The highest BCUT2D eigenvalue weighted by Gasteiger charge is 2.15. The van der Waals surface area contributed by atoms with Crippen molar-refractivity contribution >= 4 is 38.6 Å². The number of rotatable bonds is 2. The molecule has 0 amide bonds. The van der Waals surface area contributed by atoms with Gasteiger partial charge >= 0.3 is 0 Å². The van der Waals surface area contributed by atoms with E-state index < -0.39 is 0 Å². The van der Waals surface area contributed by atoms with Crippen LogP contribution in [0.25, 0.3) is 0 Å². The van der Waals surface area contributed by atoms with Gasteiger partial charge in [-0.1, -0.05) is 0 Å². The second kappa shape index (κ2) is 4.33. The summed E-state index contributed by atoms with van der Waals surface area (Å²) < 4.78 is 1.09. The van der Waals surface area contributed by atoms with E-state index in [-0.39, 0.29) is 6.04 Å². The second-order valence-electron chi connectivity index (χ2n) is 3.34. The Balaban J connectivity index is 2.31. The number of thiazole rings is 1. The van der Waals surface area contributed by atoms with Crippen LogP contribution >= 0.6 is 38.6 Å². The number of nitrogens with zero attached hydrogens (tertiary/aromatic N) is 1. The smallest absolute Gasteiger partial charge is 0.115 e. The molecular weight excluding hydrogens is 292 g/mol. The minimum Gasteiger partial charge on any atom is -0.318 e. The van der Waals surface area contributed by atoms with Crippen molar-refractivity contribution in [3.63, 3.8) is 0 Å². The molecule has 2 nitrogen and oxygen atoms in total. The fourth-order valence-corrected chi connectivity index (χ4v) is 3.71. The molecule has 5 heteroatoms. The Kier molecular flexibility index (Phi) is 3.25. The van der Waals surface area contributed by atoms with Crippen LogP contribution in [-0.2, 0) is 0 Å².